The van der Waals surface area contributed by atoms with E-state index in [0.717, 1.165) is 20.4 Å². The molecule has 2 rings (SSSR count). The maximum absolute atomic E-state index is 5.37. The zero-order valence-corrected chi connectivity index (χ0v) is 13.8. The molecule has 0 heterocycles. The quantitative estimate of drug-likeness (QED) is 0.639. The normalized spacial score (nSPS) is 10.4. The fraction of sp³-hybridized carbons (Fsp3) is 0.143. The number of halogens is 2. The Kier molecular flexibility index (Phi) is 5.15. The molecule has 2 aromatic rings. The Labute approximate surface area is 128 Å². The smallest absolute Gasteiger partial charge is 0.122 e. The van der Waals surface area contributed by atoms with Crippen molar-refractivity contribution in [1.82, 2.24) is 0 Å². The van der Waals surface area contributed by atoms with Gasteiger partial charge < -0.3 is 4.74 Å². The van der Waals surface area contributed by atoms with Crippen LogP contribution in [0.1, 0.15) is 5.56 Å². The van der Waals surface area contributed by atoms with E-state index in [1.54, 1.807) is 18.9 Å². The lowest BCUT2D eigenvalue weighted by molar-refractivity contribution is 0.411. The first-order valence-corrected chi connectivity index (χ1v) is 7.97. The highest BCUT2D eigenvalue weighted by Crippen LogP contribution is 2.33. The minimum absolute atomic E-state index is 0.880. The highest BCUT2D eigenvalue weighted by Gasteiger charge is 2.06. The van der Waals surface area contributed by atoms with Gasteiger partial charge in [-0.05, 0) is 46.3 Å². The molecule has 94 valence electrons. The zero-order chi connectivity index (χ0) is 13.0. The van der Waals surface area contributed by atoms with Gasteiger partial charge in [-0.25, -0.2) is 0 Å². The number of ether oxygens (including phenoxy) is 1. The molecule has 4 heteroatoms. The summed E-state index contributed by atoms with van der Waals surface area (Å²) in [5.74, 6) is 1.81. The van der Waals surface area contributed by atoms with E-state index in [9.17, 15) is 0 Å². The van der Waals surface area contributed by atoms with Crippen molar-refractivity contribution < 1.29 is 4.74 Å². The first-order valence-electron chi connectivity index (χ1n) is 5.40. The van der Waals surface area contributed by atoms with Gasteiger partial charge in [0.25, 0.3) is 0 Å². The molecule has 0 saturated carbocycles. The van der Waals surface area contributed by atoms with Crippen molar-refractivity contribution in [2.24, 2.45) is 0 Å². The van der Waals surface area contributed by atoms with Crippen LogP contribution in [0.3, 0.4) is 0 Å². The minimum Gasteiger partial charge on any atom is -0.496 e. The average molecular weight is 388 g/mol. The van der Waals surface area contributed by atoms with Crippen LogP contribution >= 0.6 is 43.6 Å². The highest BCUT2D eigenvalue weighted by molar-refractivity contribution is 9.10. The molecule has 0 aliphatic rings. The number of benzene rings is 2. The fourth-order valence-electron chi connectivity index (χ4n) is 1.58. The van der Waals surface area contributed by atoms with Crippen LogP contribution in [0.15, 0.2) is 56.3 Å². The third-order valence-electron chi connectivity index (χ3n) is 2.46. The molecule has 0 spiro atoms. The second kappa shape index (κ2) is 6.64. The minimum atomic E-state index is 0.880. The van der Waals surface area contributed by atoms with Crippen LogP contribution in [0.5, 0.6) is 5.75 Å². The van der Waals surface area contributed by atoms with Gasteiger partial charge in [0, 0.05) is 25.2 Å². The zero-order valence-electron chi connectivity index (χ0n) is 9.82. The molecular weight excluding hydrogens is 376 g/mol. The standard InChI is InChI=1S/C14H12Br2OS/c1-17-13-7-6-11(15)8-10(13)9-18-14-5-3-2-4-12(14)16/h2-8H,9H2,1H3. The Balaban J connectivity index is 2.15. The molecule has 0 N–H and O–H groups in total. The van der Waals surface area contributed by atoms with Crippen LogP contribution < -0.4 is 4.74 Å². The Morgan fingerprint density at radius 2 is 1.89 bits per heavy atom. The molecule has 0 aromatic heterocycles. The van der Waals surface area contributed by atoms with Crippen LogP contribution in [-0.4, -0.2) is 7.11 Å². The highest BCUT2D eigenvalue weighted by atomic mass is 79.9. The largest absolute Gasteiger partial charge is 0.496 e. The lowest BCUT2D eigenvalue weighted by Crippen LogP contribution is -1.90. The van der Waals surface area contributed by atoms with Crippen LogP contribution in [0.25, 0.3) is 0 Å². The summed E-state index contributed by atoms with van der Waals surface area (Å²) in [7, 11) is 1.70. The van der Waals surface area contributed by atoms with Gasteiger partial charge in [-0.1, -0.05) is 28.1 Å². The molecule has 0 radical (unpaired) electrons. The molecule has 0 atom stereocenters. The van der Waals surface area contributed by atoms with Gasteiger partial charge in [0.15, 0.2) is 0 Å². The number of hydrogen-bond acceptors (Lipinski definition) is 2. The van der Waals surface area contributed by atoms with E-state index in [-0.39, 0.29) is 0 Å². The lowest BCUT2D eigenvalue weighted by atomic mass is 10.2. The average Bonchev–Trinajstić information content (AvgIpc) is 2.38. The monoisotopic (exact) mass is 386 g/mol. The first kappa shape index (κ1) is 14.0. The summed E-state index contributed by atoms with van der Waals surface area (Å²) in [6.07, 6.45) is 0. The van der Waals surface area contributed by atoms with E-state index >= 15 is 0 Å². The molecule has 18 heavy (non-hydrogen) atoms. The van der Waals surface area contributed by atoms with Crippen molar-refractivity contribution in [3.8, 4) is 5.75 Å². The third kappa shape index (κ3) is 3.53. The summed E-state index contributed by atoms with van der Waals surface area (Å²) in [5.41, 5.74) is 1.19. The summed E-state index contributed by atoms with van der Waals surface area (Å²) < 4.78 is 7.58. The van der Waals surface area contributed by atoms with E-state index in [0.29, 0.717) is 0 Å². The summed E-state index contributed by atoms with van der Waals surface area (Å²) >= 11 is 8.84. The Morgan fingerprint density at radius 1 is 1.11 bits per heavy atom. The van der Waals surface area contributed by atoms with Gasteiger partial charge in [0.2, 0.25) is 0 Å². The predicted molar refractivity (Wildman–Crippen MR) is 84.4 cm³/mol. The molecule has 0 unspecified atom stereocenters. The van der Waals surface area contributed by atoms with E-state index in [2.05, 4.69) is 50.1 Å². The molecule has 0 saturated heterocycles. The van der Waals surface area contributed by atoms with Gasteiger partial charge in [0.05, 0.1) is 7.11 Å². The number of rotatable bonds is 4. The van der Waals surface area contributed by atoms with Gasteiger partial charge in [-0.2, -0.15) is 0 Å². The number of hydrogen-bond donors (Lipinski definition) is 0. The predicted octanol–water partition coefficient (Wildman–Crippen LogP) is 5.51. The SMILES string of the molecule is COc1ccc(Br)cc1CSc1ccccc1Br. The summed E-state index contributed by atoms with van der Waals surface area (Å²) in [5, 5.41) is 0. The lowest BCUT2D eigenvalue weighted by Gasteiger charge is -2.09. The molecule has 2 aromatic carbocycles. The summed E-state index contributed by atoms with van der Waals surface area (Å²) in [4.78, 5) is 1.24. The maximum atomic E-state index is 5.37. The van der Waals surface area contributed by atoms with E-state index in [1.165, 1.54) is 10.5 Å². The third-order valence-corrected chi connectivity index (χ3v) is 5.03. The number of thioether (sulfide) groups is 1. The van der Waals surface area contributed by atoms with Crippen molar-refractivity contribution in [2.75, 3.05) is 7.11 Å². The van der Waals surface area contributed by atoms with Crippen molar-refractivity contribution in [3.05, 3.63) is 57.0 Å². The second-order valence-corrected chi connectivity index (χ2v) is 6.46. The first-order chi connectivity index (χ1) is 8.70. The van der Waals surface area contributed by atoms with Crippen molar-refractivity contribution in [3.63, 3.8) is 0 Å². The van der Waals surface area contributed by atoms with Gasteiger partial charge in [0.1, 0.15) is 5.75 Å². The van der Waals surface area contributed by atoms with Crippen molar-refractivity contribution >= 4 is 43.6 Å². The number of methoxy groups -OCH3 is 1. The summed E-state index contributed by atoms with van der Waals surface area (Å²) in [6, 6.07) is 14.3. The Morgan fingerprint density at radius 3 is 2.61 bits per heavy atom. The van der Waals surface area contributed by atoms with E-state index < -0.39 is 0 Å². The van der Waals surface area contributed by atoms with Crippen LogP contribution in [0.4, 0.5) is 0 Å². The summed E-state index contributed by atoms with van der Waals surface area (Å²) in [6.45, 7) is 0. The molecule has 1 nitrogen and oxygen atoms in total. The van der Waals surface area contributed by atoms with E-state index in [4.69, 9.17) is 4.74 Å². The molecule has 0 amide bonds. The molecular formula is C14H12Br2OS. The second-order valence-electron chi connectivity index (χ2n) is 3.68. The van der Waals surface area contributed by atoms with Gasteiger partial charge in [-0.15, -0.1) is 11.8 Å². The molecule has 0 bridgehead atoms. The van der Waals surface area contributed by atoms with Gasteiger partial charge in [-0.3, -0.25) is 0 Å². The fourth-order valence-corrected chi connectivity index (χ4v) is 3.53. The van der Waals surface area contributed by atoms with Gasteiger partial charge >= 0.3 is 0 Å². The van der Waals surface area contributed by atoms with Crippen molar-refractivity contribution in [2.45, 2.75) is 10.6 Å². The maximum Gasteiger partial charge on any atom is 0.122 e. The molecule has 0 aliphatic heterocycles. The van der Waals surface area contributed by atoms with Crippen LogP contribution in [0.2, 0.25) is 0 Å². The Hall–Kier alpha value is -0.450. The van der Waals surface area contributed by atoms with Crippen molar-refractivity contribution in [1.29, 1.82) is 0 Å². The van der Waals surface area contributed by atoms with Crippen LogP contribution in [-0.2, 0) is 5.75 Å². The molecule has 0 aliphatic carbocycles. The van der Waals surface area contributed by atoms with E-state index in [1.807, 2.05) is 24.3 Å². The Bertz CT molecular complexity index is 543. The topological polar surface area (TPSA) is 9.23 Å². The molecule has 0 fully saturated rings. The van der Waals surface area contributed by atoms with Crippen LogP contribution in [0, 0.1) is 0 Å².